The van der Waals surface area contributed by atoms with Crippen molar-refractivity contribution < 1.29 is 18.3 Å². The Kier molecular flexibility index (Phi) is 22.6. The van der Waals surface area contributed by atoms with Gasteiger partial charge in [-0.3, -0.25) is 14.3 Å². The Morgan fingerprint density at radius 1 is 0.434 bits per heavy atom. The van der Waals surface area contributed by atoms with Crippen molar-refractivity contribution in [3.05, 3.63) is 211 Å². The topological polar surface area (TPSA) is 306 Å². The fourth-order valence-electron chi connectivity index (χ4n) is 13.8. The summed E-state index contributed by atoms with van der Waals surface area (Å²) in [6.45, 7) is 17.9. The molecule has 14 heterocycles. The van der Waals surface area contributed by atoms with Crippen LogP contribution in [0.1, 0.15) is 58.6 Å². The third kappa shape index (κ3) is 18.2. The SMILES string of the molecule is Cc1c(Nc2ncnc(N3CCN(c4ncc(Sc5ccccc5F)cn4)CC3)n2)cnn1C1COC1.Cc1nn(C2COC2)cc1Nc1ncnc(N2CCN(c3ncc(Sc4ccccc4F)cn3)CC2)n1.c1ccc(Cc2cnc(N3CCN(c4ncnc(Nc5ccc6c(c5)CN(C5CC5)CC6)n4)CC3)nc2)cc1. The van der Waals surface area contributed by atoms with Gasteiger partial charge in [0.1, 0.15) is 30.6 Å². The first kappa shape index (κ1) is 74.0. The average molecular weight is 1560 g/mol. The van der Waals surface area contributed by atoms with Crippen LogP contribution in [-0.2, 0) is 28.9 Å². The second kappa shape index (κ2) is 34.4. The van der Waals surface area contributed by atoms with Crippen LogP contribution in [0.4, 0.5) is 79.4 Å². The number of rotatable bonds is 21. The van der Waals surface area contributed by atoms with Gasteiger partial charge < -0.3 is 54.8 Å². The van der Waals surface area contributed by atoms with E-state index in [1.807, 2.05) is 60.0 Å². The number of piperazine rings is 3. The number of hydrogen-bond donors (Lipinski definition) is 3. The van der Waals surface area contributed by atoms with Gasteiger partial charge in [-0.25, -0.2) is 68.6 Å². The number of anilines is 12. The fourth-order valence-corrected chi connectivity index (χ4v) is 15.4. The highest BCUT2D eigenvalue weighted by Crippen LogP contribution is 2.35. The number of nitrogens with zero attached hydrogens (tertiary/aromatic N) is 26. The monoisotopic (exact) mass is 1560 g/mol. The molecule has 0 radical (unpaired) electrons. The maximum atomic E-state index is 13.9. The second-order valence-electron chi connectivity index (χ2n) is 28.2. The molecule has 0 atom stereocenters. The summed E-state index contributed by atoms with van der Waals surface area (Å²) in [6.07, 6.45) is 23.9. The first-order valence-electron chi connectivity index (χ1n) is 37.9. The van der Waals surface area contributed by atoms with E-state index >= 15 is 0 Å². The van der Waals surface area contributed by atoms with Crippen LogP contribution in [-0.4, -0.2) is 217 Å². The highest BCUT2D eigenvalue weighted by Gasteiger charge is 2.33. The van der Waals surface area contributed by atoms with Gasteiger partial charge in [-0.2, -0.15) is 25.1 Å². The maximum Gasteiger partial charge on any atom is 0.232 e. The van der Waals surface area contributed by atoms with Crippen LogP contribution in [0.25, 0.3) is 0 Å². The van der Waals surface area contributed by atoms with Gasteiger partial charge in [-0.15, -0.1) is 0 Å². The van der Waals surface area contributed by atoms with Crippen molar-refractivity contribution in [1.29, 1.82) is 0 Å². The zero-order chi connectivity index (χ0) is 76.4. The lowest BCUT2D eigenvalue weighted by Crippen LogP contribution is -2.47. The summed E-state index contributed by atoms with van der Waals surface area (Å²) < 4.78 is 42.3. The van der Waals surface area contributed by atoms with Crippen LogP contribution >= 0.6 is 23.5 Å². The number of ether oxygens (including phenoxy) is 2. The Balaban J connectivity index is 0.000000123. The molecular formula is C78H83F2N29O2S2. The van der Waals surface area contributed by atoms with Crippen LogP contribution < -0.4 is 45.3 Å². The molecular weight excluding hydrogens is 1480 g/mol. The van der Waals surface area contributed by atoms with E-state index in [2.05, 4.69) is 173 Å². The van der Waals surface area contributed by atoms with E-state index in [1.54, 1.807) is 61.6 Å². The molecule has 19 rings (SSSR count). The standard InChI is InChI=1S/C30H33N9.2C24H25FN10OS/c1-2-4-22(5-3-1)16-23-18-31-29(32-19-23)37-12-14-38(15-13-37)30-34-21-33-28(36-30)35-26-7-6-24-10-11-39(27-8-9-27)20-25(24)17-26;1-16-20(12-35(32-16)17-13-36-14-17)30-22-28-15-29-24(31-22)34-8-6-33(7-9-34)23-26-10-18(11-27-23)37-21-5-3-2-4-19(21)25;1-16-20(12-30-35(16)17-13-36-14-17)31-22-28-15-29-24(32-22)34-8-6-33(7-9-34)23-26-10-18(11-27-23)37-21-5-3-2-4-19(21)25/h1-7,17-19,21,27H,8-16,20H2,(H,33,34,35,36);2-5,10-12,15,17H,6-9,13-14H2,1H3,(H,28,29,30,31);2-5,10-12,15,17H,6-9,13-14H2,1H3,(H,28,29,31,32). The first-order valence-corrected chi connectivity index (χ1v) is 39.5. The van der Waals surface area contributed by atoms with E-state index < -0.39 is 0 Å². The van der Waals surface area contributed by atoms with Crippen molar-refractivity contribution >= 4 is 94.1 Å². The van der Waals surface area contributed by atoms with Crippen LogP contribution in [0.3, 0.4) is 0 Å². The minimum absolute atomic E-state index is 0.252. The highest BCUT2D eigenvalue weighted by atomic mass is 32.2. The number of fused-ring (bicyclic) bond motifs is 1. The first-order chi connectivity index (χ1) is 55.5. The van der Waals surface area contributed by atoms with E-state index in [0.29, 0.717) is 83.8 Å². The number of halogens is 2. The summed E-state index contributed by atoms with van der Waals surface area (Å²) in [7, 11) is 0. The van der Waals surface area contributed by atoms with Crippen molar-refractivity contribution in [2.24, 2.45) is 0 Å². The van der Waals surface area contributed by atoms with Gasteiger partial charge in [0.2, 0.25) is 53.5 Å². The molecule has 8 aromatic heterocycles. The molecule has 1 saturated carbocycles. The van der Waals surface area contributed by atoms with Crippen molar-refractivity contribution in [2.45, 2.75) is 83.8 Å². The van der Waals surface area contributed by atoms with Crippen molar-refractivity contribution in [3.63, 3.8) is 0 Å². The molecule has 0 bridgehead atoms. The minimum Gasteiger partial charge on any atom is -0.377 e. The number of hydrogen-bond acceptors (Lipinski definition) is 31. The predicted molar refractivity (Wildman–Crippen MR) is 426 cm³/mol. The van der Waals surface area contributed by atoms with Gasteiger partial charge in [0.15, 0.2) is 0 Å². The van der Waals surface area contributed by atoms with Gasteiger partial charge in [0, 0.05) is 173 Å². The maximum absolute atomic E-state index is 13.9. The Hall–Kier alpha value is -11.8. The van der Waals surface area contributed by atoms with E-state index in [1.165, 1.54) is 84.4 Å². The smallest absolute Gasteiger partial charge is 0.232 e. The summed E-state index contributed by atoms with van der Waals surface area (Å²) in [5.74, 6) is 5.05. The number of aryl methyl sites for hydroxylation is 1. The van der Waals surface area contributed by atoms with Gasteiger partial charge in [0.05, 0.1) is 67.5 Å². The van der Waals surface area contributed by atoms with Gasteiger partial charge >= 0.3 is 0 Å². The quantitative estimate of drug-likeness (QED) is 0.0602. The number of aromatic nitrogens is 19. The number of benzene rings is 4. The normalized spacial score (nSPS) is 16.6. The highest BCUT2D eigenvalue weighted by molar-refractivity contribution is 7.99. The minimum atomic E-state index is -0.252. The summed E-state index contributed by atoms with van der Waals surface area (Å²) in [4.78, 5) is 85.7. The average Bonchev–Trinajstić information content (AvgIpc) is 1.82. The Labute approximate surface area is 659 Å². The number of nitrogens with one attached hydrogen (secondary N) is 3. The molecule has 31 nitrogen and oxygen atoms in total. The lowest BCUT2D eigenvalue weighted by Gasteiger charge is -2.34. The van der Waals surface area contributed by atoms with Crippen LogP contribution in [0, 0.1) is 25.5 Å². The van der Waals surface area contributed by atoms with E-state index in [9.17, 15) is 8.78 Å². The molecule has 1 aliphatic carbocycles. The fraction of sp³-hybridized carbons (Fsp3) is 0.346. The molecule has 113 heavy (non-hydrogen) atoms. The van der Waals surface area contributed by atoms with Crippen molar-refractivity contribution in [2.75, 3.05) is 157 Å². The Morgan fingerprint density at radius 3 is 1.37 bits per heavy atom. The van der Waals surface area contributed by atoms with Crippen LogP contribution in [0.5, 0.6) is 0 Å². The van der Waals surface area contributed by atoms with Gasteiger partial charge in [-0.05, 0) is 91.8 Å². The van der Waals surface area contributed by atoms with Crippen LogP contribution in [0.15, 0.2) is 185 Å². The predicted octanol–water partition coefficient (Wildman–Crippen LogP) is 10.0. The molecule has 0 amide bonds. The molecule has 6 aliphatic heterocycles. The lowest BCUT2D eigenvalue weighted by atomic mass is 9.99. The molecule has 35 heteroatoms. The van der Waals surface area contributed by atoms with E-state index in [-0.39, 0.29) is 23.7 Å². The zero-order valence-electron chi connectivity index (χ0n) is 62.4. The summed E-state index contributed by atoms with van der Waals surface area (Å²) in [6, 6.07) is 31.8. The third-order valence-corrected chi connectivity index (χ3v) is 22.5. The third-order valence-electron chi connectivity index (χ3n) is 20.5. The van der Waals surface area contributed by atoms with E-state index in [4.69, 9.17) is 14.5 Å². The molecule has 3 N–H and O–H groups in total. The molecule has 7 aliphatic rings. The summed E-state index contributed by atoms with van der Waals surface area (Å²) in [5.41, 5.74) is 9.91. The molecule has 0 spiro atoms. The van der Waals surface area contributed by atoms with Crippen molar-refractivity contribution in [1.82, 2.24) is 99.2 Å². The van der Waals surface area contributed by atoms with Gasteiger partial charge in [-0.1, -0.05) is 84.2 Å². The van der Waals surface area contributed by atoms with E-state index in [0.717, 1.165) is 154 Å². The van der Waals surface area contributed by atoms with Crippen LogP contribution in [0.2, 0.25) is 0 Å². The Morgan fingerprint density at radius 2 is 0.894 bits per heavy atom. The molecule has 0 unspecified atom stereocenters. The van der Waals surface area contributed by atoms with Crippen molar-refractivity contribution in [3.8, 4) is 0 Å². The Bertz CT molecular complexity index is 5020. The molecule has 578 valence electrons. The lowest BCUT2D eigenvalue weighted by molar-refractivity contribution is -0.0294. The zero-order valence-corrected chi connectivity index (χ0v) is 64.0. The summed E-state index contributed by atoms with van der Waals surface area (Å²) >= 11 is 2.62. The molecule has 12 aromatic rings. The second-order valence-corrected chi connectivity index (χ2v) is 30.4. The largest absolute Gasteiger partial charge is 0.377 e. The summed E-state index contributed by atoms with van der Waals surface area (Å²) in [5, 5.41) is 19.0. The molecule has 5 saturated heterocycles. The molecule has 6 fully saturated rings. The molecule has 4 aromatic carbocycles. The van der Waals surface area contributed by atoms with Gasteiger partial charge in [0.25, 0.3) is 0 Å².